The Labute approximate surface area is 191 Å². The molecule has 1 N–H and O–H groups in total. The number of benzene rings is 1. The number of likely N-dealkylation sites (tertiary alicyclic amines) is 1. The second-order valence-corrected chi connectivity index (χ2v) is 7.57. The average Bonchev–Trinajstić information content (AvgIpc) is 3.03. The smallest absolute Gasteiger partial charge is 0.408 e. The molecule has 32 heavy (non-hydrogen) atoms. The first-order chi connectivity index (χ1) is 15.5. The van der Waals surface area contributed by atoms with Crippen molar-refractivity contribution in [2.24, 2.45) is 0 Å². The molecular weight excluding hydrogens is 435 g/mol. The van der Waals surface area contributed by atoms with E-state index in [1.165, 1.54) is 4.90 Å². The third-order valence-electron chi connectivity index (χ3n) is 4.40. The molecule has 1 saturated heterocycles. The van der Waals surface area contributed by atoms with Crippen LogP contribution < -0.4 is 10.1 Å². The normalized spacial score (nSPS) is 15.3. The van der Waals surface area contributed by atoms with Gasteiger partial charge < -0.3 is 24.3 Å². The number of hydrogen-bond donors (Lipinski definition) is 1. The number of carbonyl (C=O) groups excluding carboxylic acids is 3. The largest absolute Gasteiger partial charge is 0.491 e. The van der Waals surface area contributed by atoms with Crippen molar-refractivity contribution < 1.29 is 34.8 Å². The fourth-order valence-corrected chi connectivity index (χ4v) is 3.11. The summed E-state index contributed by atoms with van der Waals surface area (Å²) in [5.74, 6) is 5.76. The van der Waals surface area contributed by atoms with Gasteiger partial charge in [-0.1, -0.05) is 18.1 Å². The molecule has 1 aromatic rings. The Kier molecular flexibility index (Phi) is 11.5. The lowest BCUT2D eigenvalue weighted by Gasteiger charge is -2.14. The molecule has 0 spiro atoms. The molecule has 3 amide bonds. The van der Waals surface area contributed by atoms with E-state index in [1.807, 2.05) is 12.1 Å². The van der Waals surface area contributed by atoms with Crippen molar-refractivity contribution in [3.8, 4) is 17.6 Å². The van der Waals surface area contributed by atoms with Crippen LogP contribution in [0.2, 0.25) is 0 Å². The summed E-state index contributed by atoms with van der Waals surface area (Å²) in [5.41, 5.74) is 0.529. The second kappa shape index (κ2) is 14.4. The van der Waals surface area contributed by atoms with Gasteiger partial charge in [0.05, 0.1) is 45.2 Å². The zero-order valence-corrected chi connectivity index (χ0v) is 19.3. The Morgan fingerprint density at radius 1 is 1.16 bits per heavy atom. The summed E-state index contributed by atoms with van der Waals surface area (Å²) in [4.78, 5) is 36.1. The summed E-state index contributed by atoms with van der Waals surface area (Å²) in [6.45, 7) is 4.21. The molecule has 2 atom stereocenters. The van der Waals surface area contributed by atoms with Crippen LogP contribution in [-0.4, -0.2) is 74.6 Å². The molecule has 1 aromatic carbocycles. The van der Waals surface area contributed by atoms with Crippen molar-refractivity contribution in [1.82, 2.24) is 10.2 Å². The van der Waals surface area contributed by atoms with Crippen LogP contribution in [-0.2, 0) is 30.4 Å². The number of imide groups is 1. The molecule has 0 aliphatic carbocycles. The summed E-state index contributed by atoms with van der Waals surface area (Å²) in [6.07, 6.45) is -0.268. The van der Waals surface area contributed by atoms with Gasteiger partial charge in [0, 0.05) is 7.85 Å². The summed E-state index contributed by atoms with van der Waals surface area (Å²) in [5, 5.41) is 2.53. The van der Waals surface area contributed by atoms with Gasteiger partial charge in [0.2, 0.25) is 11.8 Å². The molecule has 176 valence electrons. The van der Waals surface area contributed by atoms with E-state index in [1.54, 1.807) is 19.1 Å². The zero-order valence-electron chi connectivity index (χ0n) is 18.1. The molecule has 10 heteroatoms. The lowest BCUT2D eigenvalue weighted by molar-refractivity contribution is -0.139. The van der Waals surface area contributed by atoms with E-state index in [-0.39, 0.29) is 45.0 Å². The zero-order chi connectivity index (χ0) is 23.2. The summed E-state index contributed by atoms with van der Waals surface area (Å²) < 4.78 is 21.5. The molecule has 9 nitrogen and oxygen atoms in total. The maximum atomic E-state index is 11.8. The van der Waals surface area contributed by atoms with Crippen molar-refractivity contribution in [1.29, 1.82) is 0 Å². The first-order valence-electron chi connectivity index (χ1n) is 10.3. The predicted molar refractivity (Wildman–Crippen MR) is 122 cm³/mol. The second-order valence-electron chi connectivity index (χ2n) is 6.77. The molecule has 0 aromatic heterocycles. The number of rotatable bonds is 13. The average molecular weight is 466 g/mol. The van der Waals surface area contributed by atoms with Crippen LogP contribution in [0.25, 0.3) is 0 Å². The fourth-order valence-electron chi connectivity index (χ4n) is 2.73. The van der Waals surface area contributed by atoms with E-state index in [9.17, 15) is 14.4 Å². The number of alkyl carbamates (subject to hydrolysis) is 1. The van der Waals surface area contributed by atoms with Gasteiger partial charge in [-0.3, -0.25) is 14.5 Å². The maximum absolute atomic E-state index is 11.8. The Morgan fingerprint density at radius 3 is 2.50 bits per heavy atom. The minimum atomic E-state index is -0.513. The highest BCUT2D eigenvalue weighted by molar-refractivity contribution is 7.19. The minimum Gasteiger partial charge on any atom is -0.491 e. The van der Waals surface area contributed by atoms with E-state index in [2.05, 4.69) is 26.4 Å². The van der Waals surface area contributed by atoms with Crippen molar-refractivity contribution >= 4 is 27.1 Å². The first-order valence-corrected chi connectivity index (χ1v) is 10.9. The molecule has 1 fully saturated rings. The Morgan fingerprint density at radius 2 is 1.84 bits per heavy atom. The van der Waals surface area contributed by atoms with Gasteiger partial charge in [0.25, 0.3) is 0 Å². The highest BCUT2D eigenvalue weighted by Gasteiger charge is 2.35. The number of amides is 3. The van der Waals surface area contributed by atoms with Gasteiger partial charge in [-0.15, -0.1) is 15.2 Å². The van der Waals surface area contributed by atoms with Gasteiger partial charge >= 0.3 is 6.09 Å². The molecule has 1 aliphatic rings. The van der Waals surface area contributed by atoms with Gasteiger partial charge in [0.1, 0.15) is 19.0 Å². The van der Waals surface area contributed by atoms with Crippen molar-refractivity contribution in [2.45, 2.75) is 25.6 Å². The van der Waals surface area contributed by atoms with E-state index in [4.69, 9.17) is 18.9 Å². The molecule has 1 aliphatic heterocycles. The van der Waals surface area contributed by atoms with Crippen molar-refractivity contribution in [3.05, 3.63) is 29.8 Å². The van der Waals surface area contributed by atoms with Crippen molar-refractivity contribution in [3.63, 3.8) is 0 Å². The minimum absolute atomic E-state index is 0. The van der Waals surface area contributed by atoms with Gasteiger partial charge in [0.15, 0.2) is 0 Å². The molecule has 0 bridgehead atoms. The lowest BCUT2D eigenvalue weighted by atomic mass is 10.2. The highest BCUT2D eigenvalue weighted by atomic mass is 31.0. The maximum Gasteiger partial charge on any atom is 0.408 e. The quantitative estimate of drug-likeness (QED) is 0.204. The number of ether oxygens (including phenoxy) is 4. The molecule has 0 saturated carbocycles. The summed E-state index contributed by atoms with van der Waals surface area (Å²) in [6, 6.07) is 7.22. The van der Waals surface area contributed by atoms with E-state index >= 15 is 0 Å². The monoisotopic (exact) mass is 466 g/mol. The molecular formula is C22H31N2O7P. The molecule has 1 heterocycles. The molecule has 0 radical (unpaired) electrons. The van der Waals surface area contributed by atoms with E-state index in [0.717, 1.165) is 5.56 Å². The highest BCUT2D eigenvalue weighted by Crippen LogP contribution is 2.19. The summed E-state index contributed by atoms with van der Waals surface area (Å²) >= 11 is 0. The number of nitrogens with one attached hydrogen (secondary N) is 1. The first kappa shape index (κ1) is 25.6. The number of hydrogen-bond acceptors (Lipinski definition) is 7. The van der Waals surface area contributed by atoms with E-state index < -0.39 is 6.09 Å². The van der Waals surface area contributed by atoms with Gasteiger partial charge in [-0.05, 0) is 24.6 Å². The molecule has 2 unspecified atom stereocenters. The van der Waals surface area contributed by atoms with Crippen LogP contribution in [0.1, 0.15) is 20.3 Å². The van der Waals surface area contributed by atoms with Crippen LogP contribution in [0.15, 0.2) is 24.3 Å². The van der Waals surface area contributed by atoms with Gasteiger partial charge in [-0.2, -0.15) is 0 Å². The lowest BCUT2D eigenvalue weighted by Crippen LogP contribution is -2.34. The molecule has 2 rings (SSSR count). The SMILES string of the molecule is CC#CCNC(=O)OCc1ccc(OCCOCCOCCN2C(=O)CC(P)C2=O)cc1.[HH]. The number of nitrogens with zero attached hydrogens (tertiary/aromatic N) is 1. The Bertz CT molecular complexity index is 826. The van der Waals surface area contributed by atoms with Crippen LogP contribution in [0.5, 0.6) is 5.75 Å². The Balaban J connectivity index is 0.00000544. The van der Waals surface area contributed by atoms with Crippen LogP contribution in [0, 0.1) is 11.8 Å². The third kappa shape index (κ3) is 9.23. The Hall–Kier alpha value is -2.66. The standard InChI is InChI=1S/C22H29N2O7P.H2/c1-2-3-8-23-22(27)31-16-17-4-6-18(7-5-17)30-14-13-29-12-11-28-10-9-24-20(25)15-19(32)21(24)26;/h4-7,19H,8-16,32H2,1H3,(H,23,27);1H. The number of carbonyl (C=O) groups is 3. The fraction of sp³-hybridized carbons (Fsp3) is 0.500. The topological polar surface area (TPSA) is 103 Å². The predicted octanol–water partition coefficient (Wildman–Crippen LogP) is 1.60. The van der Waals surface area contributed by atoms with Crippen molar-refractivity contribution in [2.75, 3.05) is 46.1 Å². The third-order valence-corrected chi connectivity index (χ3v) is 4.92. The van der Waals surface area contributed by atoms with Gasteiger partial charge in [-0.25, -0.2) is 4.79 Å². The van der Waals surface area contributed by atoms with Crippen LogP contribution in [0.3, 0.4) is 0 Å². The summed E-state index contributed by atoms with van der Waals surface area (Å²) in [7, 11) is 2.39. The van der Waals surface area contributed by atoms with Crippen LogP contribution in [0.4, 0.5) is 4.79 Å². The van der Waals surface area contributed by atoms with E-state index in [0.29, 0.717) is 38.8 Å². The van der Waals surface area contributed by atoms with Crippen LogP contribution >= 0.6 is 9.24 Å².